The molecule has 1 aliphatic carbocycles. The molecule has 0 saturated carbocycles. The Bertz CT molecular complexity index is 797. The molecule has 1 N–H and O–H groups in total. The molecule has 0 saturated heterocycles. The molecule has 0 fully saturated rings. The maximum atomic E-state index is 11.6. The van der Waals surface area contributed by atoms with E-state index in [1.54, 1.807) is 10.8 Å². The second-order valence-corrected chi connectivity index (χ2v) is 6.66. The van der Waals surface area contributed by atoms with Gasteiger partial charge in [-0.1, -0.05) is 6.08 Å². The van der Waals surface area contributed by atoms with Gasteiger partial charge in [0.1, 0.15) is 0 Å². The standard InChI is InChI=1S/C19H24N4O2/c1-4-9-23-17-6-5-15(10-16(17)18(21-23)19(24)25)22(3)12-14-7-8-20-11-13(14)2/h4,7-8,11,15H,1,5-6,9-10,12H2,2-3H3,(H,24,25). The van der Waals surface area contributed by atoms with E-state index in [2.05, 4.69) is 35.5 Å². The van der Waals surface area contributed by atoms with Gasteiger partial charge in [0.05, 0.1) is 6.54 Å². The van der Waals surface area contributed by atoms with Gasteiger partial charge in [-0.3, -0.25) is 14.6 Å². The van der Waals surface area contributed by atoms with Crippen LogP contribution >= 0.6 is 0 Å². The molecular formula is C19H24N4O2. The highest BCUT2D eigenvalue weighted by Crippen LogP contribution is 2.28. The monoisotopic (exact) mass is 340 g/mol. The van der Waals surface area contributed by atoms with Crippen LogP contribution < -0.4 is 0 Å². The molecule has 1 unspecified atom stereocenters. The molecule has 0 aromatic carbocycles. The fraction of sp³-hybridized carbons (Fsp3) is 0.421. The maximum absolute atomic E-state index is 11.6. The fourth-order valence-electron chi connectivity index (χ4n) is 3.57. The lowest BCUT2D eigenvalue weighted by atomic mass is 9.90. The minimum absolute atomic E-state index is 0.190. The number of aromatic nitrogens is 3. The third kappa shape index (κ3) is 3.49. The summed E-state index contributed by atoms with van der Waals surface area (Å²) in [5.74, 6) is -0.952. The van der Waals surface area contributed by atoms with Crippen molar-refractivity contribution in [3.8, 4) is 0 Å². The molecule has 2 heterocycles. The van der Waals surface area contributed by atoms with Crippen LogP contribution in [-0.2, 0) is 25.9 Å². The summed E-state index contributed by atoms with van der Waals surface area (Å²) in [6.07, 6.45) is 8.00. The van der Waals surface area contributed by atoms with Crippen molar-refractivity contribution in [2.24, 2.45) is 0 Å². The summed E-state index contributed by atoms with van der Waals surface area (Å²) in [5, 5.41) is 13.8. The van der Waals surface area contributed by atoms with Crippen LogP contribution in [0.25, 0.3) is 0 Å². The zero-order valence-electron chi connectivity index (χ0n) is 14.8. The first-order valence-corrected chi connectivity index (χ1v) is 8.53. The molecule has 0 aliphatic heterocycles. The number of rotatable bonds is 6. The first-order chi connectivity index (χ1) is 12.0. The molecule has 3 rings (SSSR count). The van der Waals surface area contributed by atoms with Gasteiger partial charge in [0.25, 0.3) is 0 Å². The van der Waals surface area contributed by atoms with Crippen LogP contribution in [0, 0.1) is 6.92 Å². The van der Waals surface area contributed by atoms with Crippen molar-refractivity contribution in [1.82, 2.24) is 19.7 Å². The third-order valence-electron chi connectivity index (χ3n) is 5.00. The Kier molecular flexibility index (Phi) is 4.99. The van der Waals surface area contributed by atoms with E-state index in [9.17, 15) is 9.90 Å². The number of carbonyl (C=O) groups is 1. The Balaban J connectivity index is 1.81. The van der Waals surface area contributed by atoms with Gasteiger partial charge in [-0.05, 0) is 50.4 Å². The summed E-state index contributed by atoms with van der Waals surface area (Å²) < 4.78 is 1.79. The van der Waals surface area contributed by atoms with Crippen molar-refractivity contribution in [2.75, 3.05) is 7.05 Å². The zero-order valence-corrected chi connectivity index (χ0v) is 14.8. The van der Waals surface area contributed by atoms with Crippen molar-refractivity contribution < 1.29 is 9.90 Å². The summed E-state index contributed by atoms with van der Waals surface area (Å²) in [6.45, 7) is 7.18. The minimum atomic E-state index is -0.952. The fourth-order valence-corrected chi connectivity index (χ4v) is 3.57. The molecule has 1 aliphatic rings. The van der Waals surface area contributed by atoms with Crippen molar-refractivity contribution in [1.29, 1.82) is 0 Å². The van der Waals surface area contributed by atoms with Crippen molar-refractivity contribution >= 4 is 5.97 Å². The van der Waals surface area contributed by atoms with Gasteiger partial charge in [0, 0.05) is 36.2 Å². The first-order valence-electron chi connectivity index (χ1n) is 8.53. The SMILES string of the molecule is C=CCn1nc(C(=O)O)c2c1CCC(N(C)Cc1ccncc1C)C2. The lowest BCUT2D eigenvalue weighted by Gasteiger charge is -2.32. The van der Waals surface area contributed by atoms with E-state index < -0.39 is 5.97 Å². The predicted molar refractivity (Wildman–Crippen MR) is 95.6 cm³/mol. The highest BCUT2D eigenvalue weighted by Gasteiger charge is 2.30. The Hall–Kier alpha value is -2.47. The lowest BCUT2D eigenvalue weighted by Crippen LogP contribution is -2.36. The summed E-state index contributed by atoms with van der Waals surface area (Å²) in [6, 6.07) is 2.35. The van der Waals surface area contributed by atoms with E-state index in [4.69, 9.17) is 0 Å². The average molecular weight is 340 g/mol. The summed E-state index contributed by atoms with van der Waals surface area (Å²) >= 11 is 0. The van der Waals surface area contributed by atoms with Crippen molar-refractivity contribution in [2.45, 2.75) is 45.3 Å². The largest absolute Gasteiger partial charge is 0.476 e. The Morgan fingerprint density at radius 2 is 2.36 bits per heavy atom. The van der Waals surface area contributed by atoms with Gasteiger partial charge in [-0.15, -0.1) is 6.58 Å². The number of fused-ring (bicyclic) bond motifs is 1. The summed E-state index contributed by atoms with van der Waals surface area (Å²) in [4.78, 5) is 18.0. The summed E-state index contributed by atoms with van der Waals surface area (Å²) in [7, 11) is 2.10. The molecule has 0 radical (unpaired) electrons. The number of aromatic carboxylic acids is 1. The molecule has 0 bridgehead atoms. The smallest absolute Gasteiger partial charge is 0.356 e. The van der Waals surface area contributed by atoms with E-state index in [1.165, 1.54) is 11.1 Å². The molecular weight excluding hydrogens is 316 g/mol. The summed E-state index contributed by atoms with van der Waals surface area (Å²) in [5.41, 5.74) is 4.54. The molecule has 6 heteroatoms. The van der Waals surface area contributed by atoms with Crippen LogP contribution in [0.4, 0.5) is 0 Å². The van der Waals surface area contributed by atoms with E-state index in [0.29, 0.717) is 12.6 Å². The van der Waals surface area contributed by atoms with Gasteiger partial charge in [-0.25, -0.2) is 4.79 Å². The number of carboxylic acid groups (broad SMARTS) is 1. The average Bonchev–Trinajstić information content (AvgIpc) is 2.95. The minimum Gasteiger partial charge on any atom is -0.476 e. The normalized spacial score (nSPS) is 16.7. The zero-order chi connectivity index (χ0) is 18.0. The first kappa shape index (κ1) is 17.4. The highest BCUT2D eigenvalue weighted by molar-refractivity contribution is 5.87. The van der Waals surface area contributed by atoms with Gasteiger partial charge in [-0.2, -0.15) is 5.10 Å². The topological polar surface area (TPSA) is 71.2 Å². The molecule has 25 heavy (non-hydrogen) atoms. The number of carboxylic acids is 1. The van der Waals surface area contributed by atoms with Gasteiger partial charge in [0.15, 0.2) is 5.69 Å². The van der Waals surface area contributed by atoms with E-state index in [0.717, 1.165) is 37.1 Å². The van der Waals surface area contributed by atoms with Crippen LogP contribution in [0.1, 0.15) is 39.3 Å². The van der Waals surface area contributed by atoms with E-state index >= 15 is 0 Å². The highest BCUT2D eigenvalue weighted by atomic mass is 16.4. The molecule has 0 amide bonds. The van der Waals surface area contributed by atoms with Crippen LogP contribution in [0.5, 0.6) is 0 Å². The number of aryl methyl sites for hydroxylation is 1. The number of hydrogen-bond acceptors (Lipinski definition) is 4. The van der Waals surface area contributed by atoms with Crippen LogP contribution in [-0.4, -0.2) is 43.8 Å². The maximum Gasteiger partial charge on any atom is 0.356 e. The second-order valence-electron chi connectivity index (χ2n) is 6.66. The molecule has 2 aromatic heterocycles. The van der Waals surface area contributed by atoms with E-state index in [1.807, 2.05) is 18.5 Å². The third-order valence-corrected chi connectivity index (χ3v) is 5.00. The number of nitrogens with zero attached hydrogens (tertiary/aromatic N) is 4. The molecule has 0 spiro atoms. The Morgan fingerprint density at radius 1 is 1.56 bits per heavy atom. The second kappa shape index (κ2) is 7.19. The predicted octanol–water partition coefficient (Wildman–Crippen LogP) is 2.46. The Labute approximate surface area is 147 Å². The van der Waals surface area contributed by atoms with Crippen molar-refractivity contribution in [3.05, 3.63) is 59.2 Å². The lowest BCUT2D eigenvalue weighted by molar-refractivity contribution is 0.0687. The van der Waals surface area contributed by atoms with Gasteiger partial charge >= 0.3 is 5.97 Å². The number of likely N-dealkylation sites (N-methyl/N-ethyl adjacent to an activating group) is 1. The van der Waals surface area contributed by atoms with E-state index in [-0.39, 0.29) is 5.69 Å². The molecule has 132 valence electrons. The number of pyridine rings is 1. The molecule has 1 atom stereocenters. The van der Waals surface area contributed by atoms with Gasteiger partial charge < -0.3 is 5.11 Å². The van der Waals surface area contributed by atoms with Gasteiger partial charge in [0.2, 0.25) is 0 Å². The van der Waals surface area contributed by atoms with Crippen LogP contribution in [0.15, 0.2) is 31.1 Å². The molecule has 6 nitrogen and oxygen atoms in total. The molecule has 2 aromatic rings. The number of allylic oxidation sites excluding steroid dienone is 1. The number of hydrogen-bond donors (Lipinski definition) is 1. The van der Waals surface area contributed by atoms with Crippen LogP contribution in [0.3, 0.4) is 0 Å². The Morgan fingerprint density at radius 3 is 3.04 bits per heavy atom. The van der Waals surface area contributed by atoms with Crippen molar-refractivity contribution in [3.63, 3.8) is 0 Å². The quantitative estimate of drug-likeness (QED) is 0.818. The van der Waals surface area contributed by atoms with Crippen LogP contribution in [0.2, 0.25) is 0 Å².